The second-order valence-electron chi connectivity index (χ2n) is 7.59. The molecule has 1 aromatic carbocycles. The molecular weight excluding hydrogens is 316 g/mol. The van der Waals surface area contributed by atoms with Crippen molar-refractivity contribution in [2.45, 2.75) is 56.6 Å². The quantitative estimate of drug-likeness (QED) is 0.745. The summed E-state index contributed by atoms with van der Waals surface area (Å²) in [5.41, 5.74) is 0.161. The molecule has 0 unspecified atom stereocenters. The number of amides is 1. The van der Waals surface area contributed by atoms with Crippen LogP contribution in [0.15, 0.2) is 24.3 Å². The van der Waals surface area contributed by atoms with E-state index in [1.54, 1.807) is 7.11 Å². The van der Waals surface area contributed by atoms with Crippen molar-refractivity contribution in [3.8, 4) is 5.75 Å². The summed E-state index contributed by atoms with van der Waals surface area (Å²) < 4.78 is 5.18. The number of ether oxygens (including phenoxy) is 1. The van der Waals surface area contributed by atoms with Gasteiger partial charge >= 0.3 is 0 Å². The third-order valence-corrected chi connectivity index (χ3v) is 5.79. The highest BCUT2D eigenvalue weighted by Gasteiger charge is 2.36. The fraction of sp³-hybridized carbons (Fsp3) is 0.650. The molecule has 1 saturated heterocycles. The van der Waals surface area contributed by atoms with E-state index in [9.17, 15) is 9.90 Å². The van der Waals surface area contributed by atoms with E-state index in [-0.39, 0.29) is 5.91 Å². The molecule has 25 heavy (non-hydrogen) atoms. The number of piperidine rings is 1. The molecular formula is C20H31N2O3+. The van der Waals surface area contributed by atoms with Crippen LogP contribution in [-0.2, 0) is 10.4 Å². The first-order chi connectivity index (χ1) is 12.1. The number of rotatable bonds is 5. The summed E-state index contributed by atoms with van der Waals surface area (Å²) in [7, 11) is 1.64. The Kier molecular flexibility index (Phi) is 5.97. The summed E-state index contributed by atoms with van der Waals surface area (Å²) in [6.07, 6.45) is 7.38. The standard InChI is InChI=1S/C20H30N2O3/c1-25-18-9-7-16(8-10-18)20(24)11-13-22(14-12-20)15-19(23)21-17-5-3-2-4-6-17/h7-10,17,24H,2-6,11-15H2,1H3,(H,21,23)/p+1. The number of hydrogen-bond donors (Lipinski definition) is 3. The number of carbonyl (C=O) groups excluding carboxylic acids is 1. The van der Waals surface area contributed by atoms with Gasteiger partial charge in [-0.25, -0.2) is 0 Å². The second-order valence-corrected chi connectivity index (χ2v) is 7.59. The highest BCUT2D eigenvalue weighted by molar-refractivity contribution is 5.77. The van der Waals surface area contributed by atoms with Gasteiger partial charge in [0.2, 0.25) is 0 Å². The summed E-state index contributed by atoms with van der Waals surface area (Å²) >= 11 is 0. The Labute approximate surface area is 150 Å². The van der Waals surface area contributed by atoms with Crippen molar-refractivity contribution in [1.29, 1.82) is 0 Å². The van der Waals surface area contributed by atoms with Crippen LogP contribution in [0.25, 0.3) is 0 Å². The largest absolute Gasteiger partial charge is 0.497 e. The maximum atomic E-state index is 12.3. The Morgan fingerprint density at radius 2 is 1.84 bits per heavy atom. The molecule has 5 nitrogen and oxygen atoms in total. The predicted molar refractivity (Wildman–Crippen MR) is 96.7 cm³/mol. The monoisotopic (exact) mass is 347 g/mol. The highest BCUT2D eigenvalue weighted by Crippen LogP contribution is 2.30. The molecule has 0 spiro atoms. The zero-order valence-corrected chi connectivity index (χ0v) is 15.2. The first-order valence-corrected chi connectivity index (χ1v) is 9.59. The molecule has 0 radical (unpaired) electrons. The van der Waals surface area contributed by atoms with Crippen LogP contribution in [0.4, 0.5) is 0 Å². The second kappa shape index (κ2) is 8.19. The third-order valence-electron chi connectivity index (χ3n) is 5.79. The van der Waals surface area contributed by atoms with Crippen molar-refractivity contribution in [2.24, 2.45) is 0 Å². The van der Waals surface area contributed by atoms with Crippen LogP contribution >= 0.6 is 0 Å². The first-order valence-electron chi connectivity index (χ1n) is 9.59. The zero-order chi connectivity index (χ0) is 17.7. The third kappa shape index (κ3) is 4.73. The van der Waals surface area contributed by atoms with Gasteiger partial charge in [-0.2, -0.15) is 0 Å². The van der Waals surface area contributed by atoms with Gasteiger partial charge < -0.3 is 20.1 Å². The SMILES string of the molecule is COc1ccc(C2(O)CC[NH+](CC(=O)NC3CCCCC3)CC2)cc1. The number of methoxy groups -OCH3 is 1. The number of aliphatic hydroxyl groups is 1. The van der Waals surface area contributed by atoms with E-state index in [1.807, 2.05) is 24.3 Å². The van der Waals surface area contributed by atoms with Crippen LogP contribution < -0.4 is 15.0 Å². The van der Waals surface area contributed by atoms with Gasteiger partial charge in [-0.1, -0.05) is 31.4 Å². The molecule has 2 aliphatic rings. The van der Waals surface area contributed by atoms with Gasteiger partial charge in [0.25, 0.3) is 5.91 Å². The number of quaternary nitrogens is 1. The molecule has 5 heteroatoms. The van der Waals surface area contributed by atoms with Crippen molar-refractivity contribution in [3.63, 3.8) is 0 Å². The minimum absolute atomic E-state index is 0.164. The van der Waals surface area contributed by atoms with Gasteiger partial charge in [-0.3, -0.25) is 4.79 Å². The Balaban J connectivity index is 1.47. The van der Waals surface area contributed by atoms with E-state index in [1.165, 1.54) is 24.2 Å². The van der Waals surface area contributed by atoms with Crippen molar-refractivity contribution in [3.05, 3.63) is 29.8 Å². The highest BCUT2D eigenvalue weighted by atomic mass is 16.5. The fourth-order valence-corrected chi connectivity index (χ4v) is 4.14. The lowest BCUT2D eigenvalue weighted by atomic mass is 9.84. The minimum atomic E-state index is -0.782. The van der Waals surface area contributed by atoms with Crippen LogP contribution in [-0.4, -0.2) is 43.8 Å². The average molecular weight is 347 g/mol. The summed E-state index contributed by atoms with van der Waals surface area (Å²) in [6, 6.07) is 8.05. The van der Waals surface area contributed by atoms with Crippen LogP contribution in [0.1, 0.15) is 50.5 Å². The topological polar surface area (TPSA) is 63.0 Å². The molecule has 1 heterocycles. The van der Waals surface area contributed by atoms with E-state index >= 15 is 0 Å². The summed E-state index contributed by atoms with van der Waals surface area (Å²) in [6.45, 7) is 2.16. The molecule has 1 amide bonds. The first kappa shape index (κ1) is 18.2. The summed E-state index contributed by atoms with van der Waals surface area (Å²) in [5, 5.41) is 14.2. The molecule has 1 saturated carbocycles. The van der Waals surface area contributed by atoms with Gasteiger partial charge in [-0.05, 0) is 30.5 Å². The molecule has 1 aliphatic carbocycles. The predicted octanol–water partition coefficient (Wildman–Crippen LogP) is 1.01. The van der Waals surface area contributed by atoms with Gasteiger partial charge in [0.1, 0.15) is 11.4 Å². The Morgan fingerprint density at radius 1 is 1.20 bits per heavy atom. The van der Waals surface area contributed by atoms with Crippen molar-refractivity contribution in [1.82, 2.24) is 5.32 Å². The molecule has 0 bridgehead atoms. The number of carbonyl (C=O) groups is 1. The molecule has 1 aliphatic heterocycles. The van der Waals surface area contributed by atoms with Gasteiger partial charge in [0.15, 0.2) is 6.54 Å². The van der Waals surface area contributed by atoms with Crippen molar-refractivity contribution >= 4 is 5.91 Å². The van der Waals surface area contributed by atoms with E-state index in [2.05, 4.69) is 5.32 Å². The maximum absolute atomic E-state index is 12.3. The maximum Gasteiger partial charge on any atom is 0.275 e. The normalized spacial score (nSPS) is 27.7. The zero-order valence-electron chi connectivity index (χ0n) is 15.2. The van der Waals surface area contributed by atoms with E-state index in [4.69, 9.17) is 4.74 Å². The molecule has 2 fully saturated rings. The lowest BCUT2D eigenvalue weighted by molar-refractivity contribution is -0.900. The van der Waals surface area contributed by atoms with Gasteiger partial charge in [0.05, 0.1) is 20.2 Å². The van der Waals surface area contributed by atoms with Gasteiger partial charge in [-0.15, -0.1) is 0 Å². The van der Waals surface area contributed by atoms with Crippen LogP contribution in [0.3, 0.4) is 0 Å². The molecule has 3 N–H and O–H groups in total. The lowest BCUT2D eigenvalue weighted by Crippen LogP contribution is -3.14. The molecule has 0 aromatic heterocycles. The molecule has 1 aromatic rings. The Morgan fingerprint density at radius 3 is 2.44 bits per heavy atom. The van der Waals surface area contributed by atoms with Crippen LogP contribution in [0.2, 0.25) is 0 Å². The van der Waals surface area contributed by atoms with E-state index in [0.29, 0.717) is 25.4 Å². The Bertz CT molecular complexity index is 559. The molecule has 138 valence electrons. The smallest absolute Gasteiger partial charge is 0.275 e. The number of hydrogen-bond acceptors (Lipinski definition) is 3. The lowest BCUT2D eigenvalue weighted by Gasteiger charge is -2.36. The summed E-state index contributed by atoms with van der Waals surface area (Å²) in [5.74, 6) is 0.964. The van der Waals surface area contributed by atoms with Crippen molar-refractivity contribution < 1.29 is 19.5 Å². The number of likely N-dealkylation sites (tertiary alicyclic amines) is 1. The number of benzene rings is 1. The fourth-order valence-electron chi connectivity index (χ4n) is 4.14. The average Bonchev–Trinajstić information content (AvgIpc) is 2.64. The Hall–Kier alpha value is -1.59. The van der Waals surface area contributed by atoms with Crippen LogP contribution in [0.5, 0.6) is 5.75 Å². The van der Waals surface area contributed by atoms with Gasteiger partial charge in [0, 0.05) is 18.9 Å². The number of nitrogens with one attached hydrogen (secondary N) is 2. The van der Waals surface area contributed by atoms with E-state index < -0.39 is 5.60 Å². The van der Waals surface area contributed by atoms with E-state index in [0.717, 1.165) is 37.2 Å². The molecule has 3 rings (SSSR count). The molecule has 0 atom stereocenters. The van der Waals surface area contributed by atoms with Crippen molar-refractivity contribution in [2.75, 3.05) is 26.7 Å². The minimum Gasteiger partial charge on any atom is -0.497 e. The summed E-state index contributed by atoms with van der Waals surface area (Å²) in [4.78, 5) is 13.5. The van der Waals surface area contributed by atoms with Crippen LogP contribution in [0, 0.1) is 0 Å².